The number of aromatic nitrogens is 1. The van der Waals surface area contributed by atoms with E-state index in [0.29, 0.717) is 0 Å². The Labute approximate surface area is 245 Å². The van der Waals surface area contributed by atoms with Crippen molar-refractivity contribution in [2.75, 3.05) is 26.2 Å². The fraction of sp³-hybridized carbons (Fsp3) is 0.424. The van der Waals surface area contributed by atoms with E-state index in [4.69, 9.17) is 4.52 Å². The third kappa shape index (κ3) is 7.64. The number of nitrogens with zero attached hydrogens (tertiary/aromatic N) is 3. The van der Waals surface area contributed by atoms with Gasteiger partial charge in [-0.3, -0.25) is 9.80 Å². The van der Waals surface area contributed by atoms with Gasteiger partial charge in [0, 0.05) is 31.6 Å². The second kappa shape index (κ2) is 14.3. The normalized spacial score (nSPS) is 16.7. The van der Waals surface area contributed by atoms with Crippen LogP contribution in [0.5, 0.6) is 0 Å². The van der Waals surface area contributed by atoms with Crippen molar-refractivity contribution < 1.29 is 4.52 Å². The molecule has 1 aromatic heterocycles. The van der Waals surface area contributed by atoms with Gasteiger partial charge in [-0.2, -0.15) is 0 Å². The van der Waals surface area contributed by atoms with Gasteiger partial charge in [-0.25, -0.2) is 0 Å². The van der Waals surface area contributed by atoms with Crippen LogP contribution >= 0.6 is 24.8 Å². The molecule has 6 rings (SSSR count). The Bertz CT molecular complexity index is 1290. The van der Waals surface area contributed by atoms with Gasteiger partial charge in [0.1, 0.15) is 0 Å². The van der Waals surface area contributed by atoms with Crippen LogP contribution in [0, 0.1) is 5.92 Å². The van der Waals surface area contributed by atoms with Crippen LogP contribution in [-0.2, 0) is 32.4 Å². The molecule has 1 fully saturated rings. The summed E-state index contributed by atoms with van der Waals surface area (Å²) in [4.78, 5) is 5.20. The van der Waals surface area contributed by atoms with Gasteiger partial charge in [-0.05, 0) is 98.3 Å². The van der Waals surface area contributed by atoms with Crippen molar-refractivity contribution in [3.8, 4) is 0 Å². The Kier molecular flexibility index (Phi) is 10.9. The lowest BCUT2D eigenvalue weighted by molar-refractivity contribution is 0.171. The van der Waals surface area contributed by atoms with Gasteiger partial charge in [0.25, 0.3) is 0 Å². The molecule has 2 aliphatic heterocycles. The second-order valence-corrected chi connectivity index (χ2v) is 11.1. The molecule has 4 nitrogen and oxygen atoms in total. The monoisotopic (exact) mass is 565 g/mol. The van der Waals surface area contributed by atoms with Crippen molar-refractivity contribution in [2.24, 2.45) is 5.92 Å². The zero-order chi connectivity index (χ0) is 24.9. The SMILES string of the molecule is Cl.Cl.c1ccc(CN2CCc3cc4onc(CCCC5CCN(Cc6ccccc6)CC5)c4cc3CC2)cc1. The molecular formula is C33H41Cl2N3O. The molecule has 0 spiro atoms. The molecule has 0 radical (unpaired) electrons. The van der Waals surface area contributed by atoms with Crippen molar-refractivity contribution in [1.29, 1.82) is 0 Å². The zero-order valence-corrected chi connectivity index (χ0v) is 24.4. The van der Waals surface area contributed by atoms with E-state index in [1.165, 1.54) is 66.4 Å². The fourth-order valence-corrected chi connectivity index (χ4v) is 6.27. The molecule has 0 bridgehead atoms. The number of rotatable bonds is 8. The Hall–Kier alpha value is -2.37. The van der Waals surface area contributed by atoms with E-state index in [2.05, 4.69) is 87.8 Å². The molecule has 0 aliphatic carbocycles. The predicted molar refractivity (Wildman–Crippen MR) is 165 cm³/mol. The minimum atomic E-state index is 0. The number of halogens is 2. The molecule has 0 amide bonds. The Morgan fingerprint density at radius 2 is 1.28 bits per heavy atom. The zero-order valence-electron chi connectivity index (χ0n) is 22.8. The summed E-state index contributed by atoms with van der Waals surface area (Å²) in [7, 11) is 0. The highest BCUT2D eigenvalue weighted by Crippen LogP contribution is 2.29. The number of fused-ring (bicyclic) bond motifs is 2. The Morgan fingerprint density at radius 3 is 1.90 bits per heavy atom. The molecule has 2 aliphatic rings. The summed E-state index contributed by atoms with van der Waals surface area (Å²) >= 11 is 0. The first-order valence-electron chi connectivity index (χ1n) is 14.2. The summed E-state index contributed by atoms with van der Waals surface area (Å²) in [5, 5.41) is 5.75. The van der Waals surface area contributed by atoms with Crippen LogP contribution in [0.4, 0.5) is 0 Å². The molecule has 0 atom stereocenters. The van der Waals surface area contributed by atoms with Crippen LogP contribution in [0.2, 0.25) is 0 Å². The topological polar surface area (TPSA) is 32.5 Å². The van der Waals surface area contributed by atoms with Crippen LogP contribution in [-0.4, -0.2) is 41.1 Å². The highest BCUT2D eigenvalue weighted by molar-refractivity contribution is 5.85. The van der Waals surface area contributed by atoms with Crippen molar-refractivity contribution >= 4 is 35.8 Å². The van der Waals surface area contributed by atoms with E-state index in [0.717, 1.165) is 62.6 Å². The summed E-state index contributed by atoms with van der Waals surface area (Å²) in [6.45, 7) is 6.77. The summed E-state index contributed by atoms with van der Waals surface area (Å²) in [6, 6.07) is 26.4. The number of aryl methyl sites for hydroxylation is 1. The average Bonchev–Trinajstić information content (AvgIpc) is 3.22. The number of piperidine rings is 1. The maximum Gasteiger partial charge on any atom is 0.167 e. The number of hydrogen-bond acceptors (Lipinski definition) is 4. The lowest BCUT2D eigenvalue weighted by Crippen LogP contribution is -2.33. The first-order valence-corrected chi connectivity index (χ1v) is 14.2. The molecule has 39 heavy (non-hydrogen) atoms. The highest BCUT2D eigenvalue weighted by Gasteiger charge is 2.21. The Morgan fingerprint density at radius 1 is 0.718 bits per heavy atom. The predicted octanol–water partition coefficient (Wildman–Crippen LogP) is 7.51. The standard InChI is InChI=1S/C33H39N3O.2ClH/c1-3-8-27(9-4-1)24-35-18-14-26(15-19-35)12-7-13-32-31-22-29-16-20-36(25-28-10-5-2-6-11-28)21-17-30(29)23-33(31)37-34-32;;/h1-6,8-11,22-23,26H,7,12-21,24-25H2;2*1H. The summed E-state index contributed by atoms with van der Waals surface area (Å²) < 4.78 is 5.82. The third-order valence-electron chi connectivity index (χ3n) is 8.49. The summed E-state index contributed by atoms with van der Waals surface area (Å²) in [5.41, 5.74) is 7.88. The molecule has 3 heterocycles. The first kappa shape index (κ1) is 29.6. The van der Waals surface area contributed by atoms with E-state index in [9.17, 15) is 0 Å². The van der Waals surface area contributed by atoms with Gasteiger partial charge in [0.2, 0.25) is 0 Å². The molecule has 0 N–H and O–H groups in total. The van der Waals surface area contributed by atoms with Crippen LogP contribution < -0.4 is 0 Å². The van der Waals surface area contributed by atoms with Crippen molar-refractivity contribution in [3.63, 3.8) is 0 Å². The number of benzene rings is 3. The maximum absolute atomic E-state index is 5.82. The van der Waals surface area contributed by atoms with Crippen LogP contribution in [0.15, 0.2) is 77.3 Å². The van der Waals surface area contributed by atoms with Crippen molar-refractivity contribution in [1.82, 2.24) is 15.0 Å². The lowest BCUT2D eigenvalue weighted by Gasteiger charge is -2.32. The van der Waals surface area contributed by atoms with E-state index in [-0.39, 0.29) is 24.8 Å². The van der Waals surface area contributed by atoms with Gasteiger partial charge < -0.3 is 4.52 Å². The van der Waals surface area contributed by atoms with E-state index >= 15 is 0 Å². The third-order valence-corrected chi connectivity index (χ3v) is 8.49. The van der Waals surface area contributed by atoms with Gasteiger partial charge in [-0.15, -0.1) is 24.8 Å². The van der Waals surface area contributed by atoms with Crippen LogP contribution in [0.1, 0.15) is 53.6 Å². The molecule has 0 unspecified atom stereocenters. The Balaban J connectivity index is 0.00000176. The number of likely N-dealkylation sites (tertiary alicyclic amines) is 1. The molecular weight excluding hydrogens is 525 g/mol. The van der Waals surface area contributed by atoms with Crippen molar-refractivity contribution in [2.45, 2.75) is 58.0 Å². The minimum Gasteiger partial charge on any atom is -0.356 e. The lowest BCUT2D eigenvalue weighted by atomic mass is 9.90. The highest BCUT2D eigenvalue weighted by atomic mass is 35.5. The maximum atomic E-state index is 5.82. The van der Waals surface area contributed by atoms with Gasteiger partial charge in [-0.1, -0.05) is 65.8 Å². The quantitative estimate of drug-likeness (QED) is 0.221. The fourth-order valence-electron chi connectivity index (χ4n) is 6.27. The molecule has 1 saturated heterocycles. The largest absolute Gasteiger partial charge is 0.356 e. The smallest absolute Gasteiger partial charge is 0.167 e. The van der Waals surface area contributed by atoms with Gasteiger partial charge in [0.05, 0.1) is 5.69 Å². The van der Waals surface area contributed by atoms with E-state index in [1.54, 1.807) is 0 Å². The summed E-state index contributed by atoms with van der Waals surface area (Å²) in [5.74, 6) is 0.844. The van der Waals surface area contributed by atoms with E-state index < -0.39 is 0 Å². The van der Waals surface area contributed by atoms with Crippen LogP contribution in [0.3, 0.4) is 0 Å². The minimum absolute atomic E-state index is 0. The first-order chi connectivity index (χ1) is 18.3. The van der Waals surface area contributed by atoms with Gasteiger partial charge >= 0.3 is 0 Å². The van der Waals surface area contributed by atoms with Crippen LogP contribution in [0.25, 0.3) is 11.0 Å². The summed E-state index contributed by atoms with van der Waals surface area (Å²) in [6.07, 6.45) is 8.34. The molecule has 208 valence electrons. The second-order valence-electron chi connectivity index (χ2n) is 11.1. The molecule has 6 heteroatoms. The van der Waals surface area contributed by atoms with E-state index in [1.807, 2.05) is 0 Å². The van der Waals surface area contributed by atoms with Gasteiger partial charge in [0.15, 0.2) is 5.58 Å². The number of hydrogen-bond donors (Lipinski definition) is 0. The average molecular weight is 567 g/mol. The molecule has 4 aromatic rings. The van der Waals surface area contributed by atoms with Crippen molar-refractivity contribution in [3.05, 3.63) is 101 Å². The molecule has 0 saturated carbocycles. The molecule has 3 aromatic carbocycles.